The molecule has 0 fully saturated rings. The van der Waals surface area contributed by atoms with E-state index in [4.69, 9.17) is 0 Å². The third-order valence-electron chi connectivity index (χ3n) is 5.22. The molecule has 0 radical (unpaired) electrons. The fourth-order valence-electron chi connectivity index (χ4n) is 3.42. The van der Waals surface area contributed by atoms with Crippen LogP contribution in [-0.4, -0.2) is 11.7 Å². The predicted molar refractivity (Wildman–Crippen MR) is 111 cm³/mol. The molecular weight excluding hydrogens is 339 g/mol. The summed E-state index contributed by atoms with van der Waals surface area (Å²) in [5.74, 6) is 0. The van der Waals surface area contributed by atoms with Crippen molar-refractivity contribution in [2.45, 2.75) is 59.8 Å². The molecule has 2 nitrogen and oxygen atoms in total. The Hall–Kier alpha value is -1.79. The van der Waals surface area contributed by atoms with Gasteiger partial charge in [0.1, 0.15) is 0 Å². The fourth-order valence-corrected chi connectivity index (χ4v) is 4.73. The molecular formula is C23H30O2P+. The Balaban J connectivity index is 1.79. The number of hydrogen-bond acceptors (Lipinski definition) is 2. The fraction of sp³-hybridized carbons (Fsp3) is 0.435. The van der Waals surface area contributed by atoms with Crippen LogP contribution in [0, 0.1) is 27.7 Å². The van der Waals surface area contributed by atoms with Gasteiger partial charge in [0.2, 0.25) is 0 Å². The van der Waals surface area contributed by atoms with Crippen LogP contribution in [0.25, 0.3) is 0 Å². The first-order chi connectivity index (χ1) is 12.4. The number of unbranched alkanes of at least 4 members (excludes halogenated alkanes) is 3. The van der Waals surface area contributed by atoms with Gasteiger partial charge in [-0.05, 0) is 81.2 Å². The van der Waals surface area contributed by atoms with Crippen molar-refractivity contribution >= 4 is 13.3 Å². The first-order valence-corrected chi connectivity index (χ1v) is 11.0. The lowest BCUT2D eigenvalue weighted by atomic mass is 9.95. The SMILES string of the molecule is Cc1cc(C)c(C(=O)[P+](=O)CCCCCCc2ccccc2)c(C)c1C. The molecule has 1 unspecified atom stereocenters. The summed E-state index contributed by atoms with van der Waals surface area (Å²) in [6, 6.07) is 12.5. The summed E-state index contributed by atoms with van der Waals surface area (Å²) < 4.78 is 12.5. The highest BCUT2D eigenvalue weighted by atomic mass is 31.1. The van der Waals surface area contributed by atoms with E-state index in [1.165, 1.54) is 11.1 Å². The second kappa shape index (κ2) is 9.78. The minimum Gasteiger partial charge on any atom is -0.234 e. The maximum absolute atomic E-state index is 12.7. The van der Waals surface area contributed by atoms with Crippen LogP contribution >= 0.6 is 7.80 Å². The second-order valence-corrected chi connectivity index (χ2v) is 8.80. The molecule has 26 heavy (non-hydrogen) atoms. The Morgan fingerprint density at radius 3 is 2.19 bits per heavy atom. The Morgan fingerprint density at radius 1 is 0.846 bits per heavy atom. The van der Waals surface area contributed by atoms with Crippen LogP contribution in [0.4, 0.5) is 0 Å². The lowest BCUT2D eigenvalue weighted by Crippen LogP contribution is -2.05. The number of rotatable bonds is 9. The van der Waals surface area contributed by atoms with E-state index in [0.29, 0.717) is 11.7 Å². The van der Waals surface area contributed by atoms with Crippen molar-refractivity contribution in [3.8, 4) is 0 Å². The third-order valence-corrected chi connectivity index (χ3v) is 6.62. The Bertz CT molecular complexity index is 779. The van der Waals surface area contributed by atoms with E-state index >= 15 is 0 Å². The van der Waals surface area contributed by atoms with Crippen molar-refractivity contribution in [1.82, 2.24) is 0 Å². The quantitative estimate of drug-likeness (QED) is 0.364. The highest BCUT2D eigenvalue weighted by Gasteiger charge is 2.32. The van der Waals surface area contributed by atoms with Gasteiger partial charge in [-0.15, -0.1) is 0 Å². The lowest BCUT2D eigenvalue weighted by Gasteiger charge is -2.10. The monoisotopic (exact) mass is 369 g/mol. The van der Waals surface area contributed by atoms with E-state index in [-0.39, 0.29) is 5.52 Å². The molecule has 0 heterocycles. The van der Waals surface area contributed by atoms with Gasteiger partial charge in [0, 0.05) is 0 Å². The van der Waals surface area contributed by atoms with Gasteiger partial charge in [0.05, 0.1) is 5.56 Å². The van der Waals surface area contributed by atoms with Crippen LogP contribution in [0.1, 0.15) is 63.9 Å². The van der Waals surface area contributed by atoms with Crippen LogP contribution in [-0.2, 0) is 11.0 Å². The van der Waals surface area contributed by atoms with E-state index in [1.54, 1.807) is 0 Å². The van der Waals surface area contributed by atoms with Gasteiger partial charge >= 0.3 is 13.3 Å². The molecule has 0 aliphatic heterocycles. The lowest BCUT2D eigenvalue weighted by molar-refractivity contribution is 0.107. The van der Waals surface area contributed by atoms with Crippen molar-refractivity contribution in [2.75, 3.05) is 6.16 Å². The Kier molecular flexibility index (Phi) is 7.72. The van der Waals surface area contributed by atoms with Gasteiger partial charge in [0.25, 0.3) is 0 Å². The zero-order chi connectivity index (χ0) is 19.1. The van der Waals surface area contributed by atoms with Crippen molar-refractivity contribution in [2.24, 2.45) is 0 Å². The standard InChI is InChI=1S/C23H30O2P/c1-17-16-18(2)22(20(4)19(17)3)23(24)26(25)15-11-6-5-8-12-21-13-9-7-10-14-21/h7,9-10,13-14,16H,5-6,8,11-12,15H2,1-4H3/q+1. The van der Waals surface area contributed by atoms with E-state index < -0.39 is 7.80 Å². The summed E-state index contributed by atoms with van der Waals surface area (Å²) in [7, 11) is -1.83. The summed E-state index contributed by atoms with van der Waals surface area (Å²) in [4.78, 5) is 12.7. The van der Waals surface area contributed by atoms with Crippen molar-refractivity contribution in [3.05, 3.63) is 69.8 Å². The predicted octanol–water partition coefficient (Wildman–Crippen LogP) is 6.69. The smallest absolute Gasteiger partial charge is 0.234 e. The molecule has 138 valence electrons. The summed E-state index contributed by atoms with van der Waals surface area (Å²) >= 11 is 0. The van der Waals surface area contributed by atoms with Crippen LogP contribution in [0.15, 0.2) is 36.4 Å². The van der Waals surface area contributed by atoms with Crippen LogP contribution in [0.3, 0.4) is 0 Å². The summed E-state index contributed by atoms with van der Waals surface area (Å²) in [5, 5.41) is 0. The van der Waals surface area contributed by atoms with Crippen molar-refractivity contribution in [1.29, 1.82) is 0 Å². The molecule has 0 aliphatic rings. The van der Waals surface area contributed by atoms with Crippen molar-refractivity contribution in [3.63, 3.8) is 0 Å². The molecule has 2 aromatic carbocycles. The number of aryl methyl sites for hydroxylation is 3. The molecule has 0 aliphatic carbocycles. The van der Waals surface area contributed by atoms with E-state index in [1.807, 2.05) is 32.9 Å². The van der Waals surface area contributed by atoms with Gasteiger partial charge in [-0.25, -0.2) is 4.79 Å². The average molecular weight is 369 g/mol. The minimum atomic E-state index is -1.83. The van der Waals surface area contributed by atoms with Crippen LogP contribution in [0.2, 0.25) is 0 Å². The maximum atomic E-state index is 12.7. The zero-order valence-corrected chi connectivity index (χ0v) is 17.4. The van der Waals surface area contributed by atoms with Gasteiger partial charge in [-0.1, -0.05) is 47.4 Å². The molecule has 0 saturated carbocycles. The minimum absolute atomic E-state index is 0.164. The third kappa shape index (κ3) is 5.35. The van der Waals surface area contributed by atoms with E-state index in [2.05, 4.69) is 31.2 Å². The molecule has 0 N–H and O–H groups in total. The molecule has 2 aromatic rings. The number of carbonyl (C=O) groups excluding carboxylic acids is 1. The highest BCUT2D eigenvalue weighted by molar-refractivity contribution is 7.64. The molecule has 0 bridgehead atoms. The Labute approximate surface area is 158 Å². The van der Waals surface area contributed by atoms with Gasteiger partial charge < -0.3 is 0 Å². The molecule has 0 aromatic heterocycles. The molecule has 1 atom stereocenters. The van der Waals surface area contributed by atoms with E-state index in [0.717, 1.165) is 48.8 Å². The van der Waals surface area contributed by atoms with Gasteiger partial charge in [0.15, 0.2) is 6.16 Å². The molecule has 0 amide bonds. The molecule has 0 saturated heterocycles. The number of benzene rings is 2. The highest BCUT2D eigenvalue weighted by Crippen LogP contribution is 2.33. The number of hydrogen-bond donors (Lipinski definition) is 0. The molecule has 3 heteroatoms. The van der Waals surface area contributed by atoms with Gasteiger partial charge in [-0.3, -0.25) is 0 Å². The second-order valence-electron chi connectivity index (χ2n) is 7.19. The largest absolute Gasteiger partial charge is 0.420 e. The topological polar surface area (TPSA) is 34.1 Å². The summed E-state index contributed by atoms with van der Waals surface area (Å²) in [6.07, 6.45) is 5.75. The zero-order valence-electron chi connectivity index (χ0n) is 16.5. The van der Waals surface area contributed by atoms with Crippen LogP contribution in [0.5, 0.6) is 0 Å². The van der Waals surface area contributed by atoms with E-state index in [9.17, 15) is 9.36 Å². The molecule has 0 spiro atoms. The maximum Gasteiger partial charge on any atom is 0.420 e. The normalized spacial score (nSPS) is 11.5. The Morgan fingerprint density at radius 2 is 1.50 bits per heavy atom. The first-order valence-electron chi connectivity index (χ1n) is 9.52. The average Bonchev–Trinajstić information content (AvgIpc) is 2.63. The van der Waals surface area contributed by atoms with Crippen molar-refractivity contribution < 1.29 is 9.36 Å². The van der Waals surface area contributed by atoms with Crippen LogP contribution < -0.4 is 0 Å². The van der Waals surface area contributed by atoms with Gasteiger partial charge in [-0.2, -0.15) is 0 Å². The first kappa shape index (κ1) is 20.5. The molecule has 2 rings (SSSR count). The summed E-state index contributed by atoms with van der Waals surface area (Å²) in [5.41, 5.74) is 6.13. The summed E-state index contributed by atoms with van der Waals surface area (Å²) in [6.45, 7) is 7.99. The number of carbonyl (C=O) groups is 1.